The van der Waals surface area contributed by atoms with Crippen molar-refractivity contribution in [2.75, 3.05) is 18.4 Å². The number of hydrogen-bond acceptors (Lipinski definition) is 5. The van der Waals surface area contributed by atoms with Crippen LogP contribution in [0.5, 0.6) is 0 Å². The van der Waals surface area contributed by atoms with Crippen LogP contribution in [0.2, 0.25) is 0 Å². The number of anilines is 1. The van der Waals surface area contributed by atoms with E-state index in [-0.39, 0.29) is 11.9 Å². The van der Waals surface area contributed by atoms with Gasteiger partial charge < -0.3 is 20.4 Å². The minimum absolute atomic E-state index is 0.287. The molecule has 3 amide bonds. The molecule has 1 fully saturated rings. The lowest BCUT2D eigenvalue weighted by atomic mass is 9.88. The standard InChI is InChI=1S/C21H22FN5O3/c22-16-3-1-4-17(11-16)25-20(29)27-10-2-7-21(14-27)12-18(26-30-21)19(28)24-13-15-5-8-23-9-6-15/h1,3-6,8-9,11H,2,7,10,12-14H2,(H,24,28)(H,25,29). The third-order valence-corrected chi connectivity index (χ3v) is 5.21. The third-order valence-electron chi connectivity index (χ3n) is 5.21. The maximum Gasteiger partial charge on any atom is 0.321 e. The number of carbonyl (C=O) groups excluding carboxylic acids is 2. The van der Waals surface area contributed by atoms with E-state index in [2.05, 4.69) is 20.8 Å². The fraction of sp³-hybridized carbons (Fsp3) is 0.333. The van der Waals surface area contributed by atoms with Crippen molar-refractivity contribution in [1.82, 2.24) is 15.2 Å². The molecule has 1 unspecified atom stereocenters. The number of oxime groups is 1. The number of nitrogens with zero attached hydrogens (tertiary/aromatic N) is 3. The second kappa shape index (κ2) is 8.48. The van der Waals surface area contributed by atoms with E-state index in [0.717, 1.165) is 12.0 Å². The van der Waals surface area contributed by atoms with Crippen molar-refractivity contribution in [3.8, 4) is 0 Å². The number of aromatic nitrogens is 1. The smallest absolute Gasteiger partial charge is 0.321 e. The lowest BCUT2D eigenvalue weighted by Crippen LogP contribution is -2.52. The molecule has 1 aromatic heterocycles. The van der Waals surface area contributed by atoms with Crippen molar-refractivity contribution in [2.24, 2.45) is 5.16 Å². The van der Waals surface area contributed by atoms with Gasteiger partial charge in [-0.15, -0.1) is 0 Å². The predicted molar refractivity (Wildman–Crippen MR) is 108 cm³/mol. The molecule has 156 valence electrons. The molecule has 3 heterocycles. The molecule has 30 heavy (non-hydrogen) atoms. The molecule has 4 rings (SSSR count). The second-order valence-electron chi connectivity index (χ2n) is 7.49. The van der Waals surface area contributed by atoms with Crippen LogP contribution < -0.4 is 10.6 Å². The van der Waals surface area contributed by atoms with Crippen molar-refractivity contribution in [2.45, 2.75) is 31.4 Å². The van der Waals surface area contributed by atoms with Crippen molar-refractivity contribution < 1.29 is 18.8 Å². The Morgan fingerprint density at radius 3 is 2.87 bits per heavy atom. The minimum Gasteiger partial charge on any atom is -0.386 e. The summed E-state index contributed by atoms with van der Waals surface area (Å²) in [4.78, 5) is 36.3. The van der Waals surface area contributed by atoms with Crippen LogP contribution in [0.15, 0.2) is 53.9 Å². The van der Waals surface area contributed by atoms with Gasteiger partial charge in [0.15, 0.2) is 5.60 Å². The van der Waals surface area contributed by atoms with Crippen molar-refractivity contribution in [3.05, 3.63) is 60.2 Å². The average molecular weight is 411 g/mol. The molecule has 0 bridgehead atoms. The van der Waals surface area contributed by atoms with Gasteiger partial charge in [-0.2, -0.15) is 0 Å². The highest BCUT2D eigenvalue weighted by molar-refractivity contribution is 6.39. The largest absolute Gasteiger partial charge is 0.386 e. The molecule has 2 aliphatic heterocycles. The Bertz CT molecular complexity index is 968. The lowest BCUT2D eigenvalue weighted by Gasteiger charge is -2.38. The molecule has 1 saturated heterocycles. The monoisotopic (exact) mass is 411 g/mol. The topological polar surface area (TPSA) is 95.9 Å². The highest BCUT2D eigenvalue weighted by Gasteiger charge is 2.45. The van der Waals surface area contributed by atoms with E-state index in [0.29, 0.717) is 43.9 Å². The van der Waals surface area contributed by atoms with E-state index >= 15 is 0 Å². The van der Waals surface area contributed by atoms with Gasteiger partial charge in [0, 0.05) is 37.6 Å². The quantitative estimate of drug-likeness (QED) is 0.809. The van der Waals surface area contributed by atoms with Gasteiger partial charge in [-0.3, -0.25) is 9.78 Å². The number of pyridine rings is 1. The molecule has 1 atom stereocenters. The first-order chi connectivity index (χ1) is 14.5. The summed E-state index contributed by atoms with van der Waals surface area (Å²) in [6.45, 7) is 1.23. The molecule has 2 aliphatic rings. The number of benzene rings is 1. The molecule has 1 aromatic carbocycles. The number of hydrogen-bond donors (Lipinski definition) is 2. The van der Waals surface area contributed by atoms with Crippen LogP contribution in [0.1, 0.15) is 24.8 Å². The summed E-state index contributed by atoms with van der Waals surface area (Å²) in [6, 6.07) is 9.05. The van der Waals surface area contributed by atoms with Crippen LogP contribution in [0.4, 0.5) is 14.9 Å². The number of likely N-dealkylation sites (tertiary alicyclic amines) is 1. The molecule has 9 heteroatoms. The first-order valence-electron chi connectivity index (χ1n) is 9.77. The predicted octanol–water partition coefficient (Wildman–Crippen LogP) is 2.68. The summed E-state index contributed by atoms with van der Waals surface area (Å²) in [5.41, 5.74) is 0.933. The zero-order chi connectivity index (χ0) is 21.0. The van der Waals surface area contributed by atoms with E-state index in [9.17, 15) is 14.0 Å². The SMILES string of the molecule is O=C(NCc1ccncc1)C1=NOC2(CCCN(C(=O)Nc3cccc(F)c3)C2)C1. The third kappa shape index (κ3) is 4.56. The van der Waals surface area contributed by atoms with Crippen molar-refractivity contribution in [1.29, 1.82) is 0 Å². The molecule has 2 N–H and O–H groups in total. The highest BCUT2D eigenvalue weighted by Crippen LogP contribution is 2.33. The summed E-state index contributed by atoms with van der Waals surface area (Å²) in [7, 11) is 0. The normalized spacial score (nSPS) is 20.4. The summed E-state index contributed by atoms with van der Waals surface area (Å²) in [5, 5.41) is 9.53. The van der Waals surface area contributed by atoms with Gasteiger partial charge in [0.2, 0.25) is 0 Å². The molecular formula is C21H22FN5O3. The Balaban J connectivity index is 1.33. The van der Waals surface area contributed by atoms with Crippen molar-refractivity contribution in [3.63, 3.8) is 0 Å². The fourth-order valence-electron chi connectivity index (χ4n) is 3.69. The average Bonchev–Trinajstić information content (AvgIpc) is 3.16. The Hall–Kier alpha value is -3.49. The van der Waals surface area contributed by atoms with Gasteiger partial charge in [0.1, 0.15) is 11.5 Å². The summed E-state index contributed by atoms with van der Waals surface area (Å²) in [6.07, 6.45) is 5.08. The molecule has 1 spiro atoms. The maximum atomic E-state index is 13.3. The summed E-state index contributed by atoms with van der Waals surface area (Å²) >= 11 is 0. The molecule has 0 radical (unpaired) electrons. The summed E-state index contributed by atoms with van der Waals surface area (Å²) in [5.74, 6) is -0.706. The minimum atomic E-state index is -0.707. The van der Waals surface area contributed by atoms with Gasteiger partial charge in [0.05, 0.1) is 6.54 Å². The molecule has 0 aliphatic carbocycles. The highest BCUT2D eigenvalue weighted by atomic mass is 19.1. The number of nitrogens with one attached hydrogen (secondary N) is 2. The molecule has 8 nitrogen and oxygen atoms in total. The number of carbonyl (C=O) groups is 2. The van der Waals surface area contributed by atoms with E-state index in [1.165, 1.54) is 18.2 Å². The fourth-order valence-corrected chi connectivity index (χ4v) is 3.69. The Labute approximate surface area is 173 Å². The molecule has 2 aromatic rings. The van der Waals surface area contributed by atoms with Crippen LogP contribution >= 0.6 is 0 Å². The first-order valence-corrected chi connectivity index (χ1v) is 9.77. The zero-order valence-electron chi connectivity index (χ0n) is 16.3. The van der Waals surface area contributed by atoms with Gasteiger partial charge in [-0.1, -0.05) is 11.2 Å². The van der Waals surface area contributed by atoms with E-state index in [4.69, 9.17) is 4.84 Å². The molecule has 0 saturated carbocycles. The number of piperidine rings is 1. The zero-order valence-corrected chi connectivity index (χ0v) is 16.3. The Kier molecular flexibility index (Phi) is 5.60. The van der Waals surface area contributed by atoms with Crippen LogP contribution in [0, 0.1) is 5.82 Å². The maximum absolute atomic E-state index is 13.3. The number of halogens is 1. The number of urea groups is 1. The van der Waals surface area contributed by atoms with E-state index < -0.39 is 11.4 Å². The van der Waals surface area contributed by atoms with E-state index in [1.54, 1.807) is 23.4 Å². The van der Waals surface area contributed by atoms with Crippen LogP contribution in [-0.4, -0.2) is 46.2 Å². The Morgan fingerprint density at radius 2 is 2.07 bits per heavy atom. The van der Waals surface area contributed by atoms with Gasteiger partial charge in [0.25, 0.3) is 5.91 Å². The van der Waals surface area contributed by atoms with Gasteiger partial charge in [-0.25, -0.2) is 9.18 Å². The van der Waals surface area contributed by atoms with Crippen LogP contribution in [-0.2, 0) is 16.2 Å². The Morgan fingerprint density at radius 1 is 1.23 bits per heavy atom. The van der Waals surface area contributed by atoms with Crippen LogP contribution in [0.25, 0.3) is 0 Å². The second-order valence-corrected chi connectivity index (χ2v) is 7.49. The van der Waals surface area contributed by atoms with Crippen molar-refractivity contribution >= 4 is 23.3 Å². The number of amides is 3. The van der Waals surface area contributed by atoms with E-state index in [1.807, 2.05) is 12.1 Å². The summed E-state index contributed by atoms with van der Waals surface area (Å²) < 4.78 is 13.3. The lowest BCUT2D eigenvalue weighted by molar-refractivity contribution is -0.115. The first kappa shape index (κ1) is 19.8. The van der Waals surface area contributed by atoms with Gasteiger partial charge in [-0.05, 0) is 48.7 Å². The number of rotatable bonds is 4. The van der Waals surface area contributed by atoms with Crippen LogP contribution in [0.3, 0.4) is 0 Å². The molecular weight excluding hydrogens is 389 g/mol. The van der Waals surface area contributed by atoms with Gasteiger partial charge >= 0.3 is 6.03 Å².